The standard InChI is InChI=1S/C16H13N5O5/c22-11-5-4-8(15(24)17-11)13-9(19-21-20-13)6-26-10-3-1-2-7-12(10)16(25)18-14(7)23/h1-3,8H,4-6H2,(H,17,22,24)(H,18,23,25)(H,19,20,21). The highest BCUT2D eigenvalue weighted by Crippen LogP contribution is 2.29. The number of aromatic nitrogens is 3. The highest BCUT2D eigenvalue weighted by Gasteiger charge is 2.33. The first-order valence-electron chi connectivity index (χ1n) is 7.89. The maximum atomic E-state index is 12.0. The number of ether oxygens (including phenoxy) is 1. The first-order chi connectivity index (χ1) is 12.5. The Hall–Kier alpha value is -3.56. The smallest absolute Gasteiger partial charge is 0.262 e. The van der Waals surface area contributed by atoms with E-state index in [-0.39, 0.29) is 35.8 Å². The normalized spacial score (nSPS) is 19.2. The molecule has 1 unspecified atom stereocenters. The molecule has 1 atom stereocenters. The monoisotopic (exact) mass is 355 g/mol. The topological polar surface area (TPSA) is 143 Å². The molecule has 4 rings (SSSR count). The molecule has 3 heterocycles. The predicted octanol–water partition coefficient (Wildman–Crippen LogP) is -0.212. The van der Waals surface area contributed by atoms with Crippen molar-refractivity contribution in [1.82, 2.24) is 26.0 Å². The molecule has 2 aliphatic heterocycles. The van der Waals surface area contributed by atoms with Gasteiger partial charge < -0.3 is 4.74 Å². The number of carbonyl (C=O) groups excluding carboxylic acids is 4. The minimum atomic E-state index is -0.576. The van der Waals surface area contributed by atoms with Crippen molar-refractivity contribution in [2.45, 2.75) is 25.4 Å². The van der Waals surface area contributed by atoms with Crippen molar-refractivity contribution < 1.29 is 23.9 Å². The first kappa shape index (κ1) is 15.9. The molecule has 1 saturated heterocycles. The molecule has 3 N–H and O–H groups in total. The van der Waals surface area contributed by atoms with Gasteiger partial charge in [-0.15, -0.1) is 5.10 Å². The van der Waals surface area contributed by atoms with Gasteiger partial charge in [-0.2, -0.15) is 0 Å². The maximum absolute atomic E-state index is 12.0. The summed E-state index contributed by atoms with van der Waals surface area (Å²) in [7, 11) is 0. The Bertz CT molecular complexity index is 950. The molecule has 10 heteroatoms. The molecule has 26 heavy (non-hydrogen) atoms. The quantitative estimate of drug-likeness (QED) is 0.644. The molecule has 0 radical (unpaired) electrons. The average Bonchev–Trinajstić information content (AvgIpc) is 3.18. The van der Waals surface area contributed by atoms with Crippen LogP contribution < -0.4 is 15.4 Å². The van der Waals surface area contributed by atoms with Crippen LogP contribution in [0.4, 0.5) is 0 Å². The predicted molar refractivity (Wildman–Crippen MR) is 84.1 cm³/mol. The van der Waals surface area contributed by atoms with Crippen LogP contribution in [0.25, 0.3) is 0 Å². The SMILES string of the molecule is O=C1CCC(c2[nH]nnc2COc2cccc3c2C(=O)NC3=O)C(=O)N1. The van der Waals surface area contributed by atoms with Crippen LogP contribution in [-0.2, 0) is 16.2 Å². The molecule has 4 amide bonds. The van der Waals surface area contributed by atoms with Gasteiger partial charge in [0.15, 0.2) is 0 Å². The van der Waals surface area contributed by atoms with E-state index in [0.29, 0.717) is 17.8 Å². The number of imide groups is 2. The molecule has 0 spiro atoms. The number of nitrogens with zero attached hydrogens (tertiary/aromatic N) is 2. The highest BCUT2D eigenvalue weighted by atomic mass is 16.5. The minimum Gasteiger partial charge on any atom is -0.486 e. The van der Waals surface area contributed by atoms with Gasteiger partial charge in [0.2, 0.25) is 11.8 Å². The Morgan fingerprint density at radius 1 is 1.12 bits per heavy atom. The second-order valence-electron chi connectivity index (χ2n) is 5.93. The summed E-state index contributed by atoms with van der Waals surface area (Å²) in [5.41, 5.74) is 1.27. The molecule has 0 aliphatic carbocycles. The zero-order valence-electron chi connectivity index (χ0n) is 13.4. The Kier molecular flexibility index (Phi) is 3.72. The molecule has 1 fully saturated rings. The van der Waals surface area contributed by atoms with Gasteiger partial charge in [0.25, 0.3) is 11.8 Å². The second kappa shape index (κ2) is 6.06. The molecule has 0 bridgehead atoms. The average molecular weight is 355 g/mol. The van der Waals surface area contributed by atoms with E-state index in [1.807, 2.05) is 0 Å². The van der Waals surface area contributed by atoms with Gasteiger partial charge in [-0.3, -0.25) is 34.9 Å². The van der Waals surface area contributed by atoms with E-state index in [1.54, 1.807) is 12.1 Å². The van der Waals surface area contributed by atoms with Gasteiger partial charge in [0, 0.05) is 6.42 Å². The van der Waals surface area contributed by atoms with E-state index in [4.69, 9.17) is 4.74 Å². The molecule has 0 saturated carbocycles. The summed E-state index contributed by atoms with van der Waals surface area (Å²) in [5, 5.41) is 14.8. The second-order valence-corrected chi connectivity index (χ2v) is 5.93. The number of hydrogen-bond acceptors (Lipinski definition) is 7. The molecule has 132 valence electrons. The summed E-state index contributed by atoms with van der Waals surface area (Å²) >= 11 is 0. The van der Waals surface area contributed by atoms with Gasteiger partial charge in [0.1, 0.15) is 18.1 Å². The number of benzene rings is 1. The largest absolute Gasteiger partial charge is 0.486 e. The van der Waals surface area contributed by atoms with Crippen molar-refractivity contribution in [3.8, 4) is 5.75 Å². The summed E-state index contributed by atoms with van der Waals surface area (Å²) in [6.45, 7) is -0.0541. The third-order valence-corrected chi connectivity index (χ3v) is 4.33. The number of rotatable bonds is 4. The Morgan fingerprint density at radius 3 is 2.77 bits per heavy atom. The van der Waals surface area contributed by atoms with Crippen LogP contribution in [0.3, 0.4) is 0 Å². The minimum absolute atomic E-state index is 0.0541. The highest BCUT2D eigenvalue weighted by molar-refractivity contribution is 6.22. The third-order valence-electron chi connectivity index (χ3n) is 4.33. The van der Waals surface area contributed by atoms with E-state index >= 15 is 0 Å². The lowest BCUT2D eigenvalue weighted by molar-refractivity contribution is -0.134. The van der Waals surface area contributed by atoms with E-state index < -0.39 is 23.6 Å². The summed E-state index contributed by atoms with van der Waals surface area (Å²) < 4.78 is 5.67. The first-order valence-corrected chi connectivity index (χ1v) is 7.89. The summed E-state index contributed by atoms with van der Waals surface area (Å²) in [6.07, 6.45) is 0.573. The number of nitrogens with one attached hydrogen (secondary N) is 3. The molecular weight excluding hydrogens is 342 g/mol. The Labute approximate surface area is 146 Å². The summed E-state index contributed by atoms with van der Waals surface area (Å²) in [4.78, 5) is 46.9. The van der Waals surface area contributed by atoms with E-state index in [1.165, 1.54) is 6.07 Å². The Morgan fingerprint density at radius 2 is 1.96 bits per heavy atom. The number of carbonyl (C=O) groups is 4. The van der Waals surface area contributed by atoms with Crippen molar-refractivity contribution >= 4 is 23.6 Å². The maximum Gasteiger partial charge on any atom is 0.262 e. The fraction of sp³-hybridized carbons (Fsp3) is 0.250. The van der Waals surface area contributed by atoms with Crippen LogP contribution in [0.2, 0.25) is 0 Å². The fourth-order valence-corrected chi connectivity index (χ4v) is 3.07. The zero-order chi connectivity index (χ0) is 18.3. The van der Waals surface area contributed by atoms with Crippen LogP contribution in [0.5, 0.6) is 5.75 Å². The summed E-state index contributed by atoms with van der Waals surface area (Å²) in [5.74, 6) is -2.06. The number of H-pyrrole nitrogens is 1. The molecular formula is C16H13N5O5. The molecule has 2 aliphatic rings. The van der Waals surface area contributed by atoms with Crippen molar-refractivity contribution in [2.24, 2.45) is 0 Å². The van der Waals surface area contributed by atoms with Gasteiger partial charge in [0.05, 0.1) is 22.7 Å². The van der Waals surface area contributed by atoms with Crippen LogP contribution in [0, 0.1) is 0 Å². The van der Waals surface area contributed by atoms with E-state index in [9.17, 15) is 19.2 Å². The van der Waals surface area contributed by atoms with Crippen molar-refractivity contribution in [1.29, 1.82) is 0 Å². The number of amides is 4. The zero-order valence-corrected chi connectivity index (χ0v) is 13.4. The molecule has 2 aromatic rings. The van der Waals surface area contributed by atoms with Crippen LogP contribution in [0.15, 0.2) is 18.2 Å². The van der Waals surface area contributed by atoms with E-state index in [0.717, 1.165) is 0 Å². The van der Waals surface area contributed by atoms with Gasteiger partial charge in [-0.05, 0) is 18.6 Å². The number of fused-ring (bicyclic) bond motifs is 1. The number of aromatic amines is 1. The van der Waals surface area contributed by atoms with Gasteiger partial charge in [-0.1, -0.05) is 11.3 Å². The van der Waals surface area contributed by atoms with Gasteiger partial charge in [-0.25, -0.2) is 0 Å². The van der Waals surface area contributed by atoms with Crippen molar-refractivity contribution in [3.05, 3.63) is 40.7 Å². The lowest BCUT2D eigenvalue weighted by atomic mass is 9.93. The number of hydrogen-bond donors (Lipinski definition) is 3. The van der Waals surface area contributed by atoms with E-state index in [2.05, 4.69) is 26.0 Å². The van der Waals surface area contributed by atoms with Gasteiger partial charge >= 0.3 is 0 Å². The van der Waals surface area contributed by atoms with Crippen LogP contribution >= 0.6 is 0 Å². The lowest BCUT2D eigenvalue weighted by Crippen LogP contribution is -2.40. The number of piperidine rings is 1. The van der Waals surface area contributed by atoms with Crippen molar-refractivity contribution in [3.63, 3.8) is 0 Å². The molecule has 10 nitrogen and oxygen atoms in total. The Balaban J connectivity index is 1.55. The lowest BCUT2D eigenvalue weighted by Gasteiger charge is -2.20. The third kappa shape index (κ3) is 2.61. The molecule has 1 aromatic heterocycles. The summed E-state index contributed by atoms with van der Waals surface area (Å²) in [6, 6.07) is 4.71. The van der Waals surface area contributed by atoms with Crippen LogP contribution in [-0.4, -0.2) is 39.0 Å². The molecule has 1 aromatic carbocycles. The fourth-order valence-electron chi connectivity index (χ4n) is 3.07. The van der Waals surface area contributed by atoms with Crippen LogP contribution in [0.1, 0.15) is 50.9 Å². The van der Waals surface area contributed by atoms with Crippen molar-refractivity contribution in [2.75, 3.05) is 0 Å².